The predicted molar refractivity (Wildman–Crippen MR) is 31.1 cm³/mol. The summed E-state index contributed by atoms with van der Waals surface area (Å²) in [5.74, 6) is -0.603. The van der Waals surface area contributed by atoms with E-state index in [1.165, 1.54) is 6.61 Å². The molecule has 0 bridgehead atoms. The summed E-state index contributed by atoms with van der Waals surface area (Å²) in [5.41, 5.74) is 0. The molecule has 0 amide bonds. The summed E-state index contributed by atoms with van der Waals surface area (Å²) in [6, 6.07) is 0. The van der Waals surface area contributed by atoms with Crippen molar-refractivity contribution < 1.29 is 9.53 Å². The Morgan fingerprint density at radius 2 is 2.22 bits per heavy atom. The van der Waals surface area contributed by atoms with Crippen LogP contribution in [0.5, 0.6) is 0 Å². The van der Waals surface area contributed by atoms with Crippen LogP contribution >= 0.6 is 11.6 Å². The summed E-state index contributed by atoms with van der Waals surface area (Å²) in [6.45, 7) is 5.97. The molecule has 0 atom stereocenters. The third-order valence-corrected chi connectivity index (χ3v) is 0.601. The van der Waals surface area contributed by atoms with Gasteiger partial charge in [0, 0.05) is 0 Å². The van der Waals surface area contributed by atoms with Crippen molar-refractivity contribution in [2.24, 2.45) is 0 Å². The Labute approximate surface area is 53.1 Å². The summed E-state index contributed by atoms with van der Waals surface area (Å²) in [6.07, 6.45) is 0. The van der Waals surface area contributed by atoms with Crippen LogP contribution in [0.1, 0.15) is 6.92 Å². The van der Waals surface area contributed by atoms with Gasteiger partial charge in [0.2, 0.25) is 0 Å². The zero-order valence-corrected chi connectivity index (χ0v) is 12.3. The first kappa shape index (κ1) is 10.5. The number of hydrogen-bond acceptors (Lipinski definition) is 2. The van der Waals surface area contributed by atoms with E-state index in [1.807, 2.05) is 0 Å². The maximum atomic E-state index is 10.3. The average molecular weight is 401 g/mol. The Morgan fingerprint density at radius 1 is 1.78 bits per heavy atom. The van der Waals surface area contributed by atoms with E-state index in [-0.39, 0.29) is 5.03 Å². The van der Waals surface area contributed by atoms with Crippen molar-refractivity contribution in [2.45, 2.75) is 6.92 Å². The van der Waals surface area contributed by atoms with E-state index in [0.717, 1.165) is 0 Å². The number of esters is 1. The Kier molecular flexibility index (Phi) is 5.42. The van der Waals surface area contributed by atoms with Crippen LogP contribution < -0.4 is 0 Å². The zero-order chi connectivity index (χ0) is 6.57. The van der Waals surface area contributed by atoms with Gasteiger partial charge in [-0.1, -0.05) is 18.2 Å². The van der Waals surface area contributed by atoms with Crippen molar-refractivity contribution in [3.8, 4) is 0 Å². The van der Waals surface area contributed by atoms with Gasteiger partial charge >= 0.3 is 5.97 Å². The van der Waals surface area contributed by atoms with Gasteiger partial charge in [0.1, 0.15) is 5.03 Å². The average Bonchev–Trinajstić information content (AvgIpc) is 1.67. The van der Waals surface area contributed by atoms with Crippen LogP contribution in [0.4, 0.5) is 0 Å². The van der Waals surface area contributed by atoms with Crippen LogP contribution in [-0.2, 0) is 9.53 Å². The molecule has 0 spiro atoms. The van der Waals surface area contributed by atoms with E-state index in [4.69, 9.17) is 11.6 Å². The van der Waals surface area contributed by atoms with Gasteiger partial charge in [0.15, 0.2) is 0 Å². The van der Waals surface area contributed by atoms with E-state index < -0.39 is 5.97 Å². The van der Waals surface area contributed by atoms with Crippen molar-refractivity contribution in [3.05, 3.63) is 18.2 Å². The fourth-order valence-electron chi connectivity index (χ4n) is 0.171. The fraction of sp³-hybridized carbons (Fsp3) is 0.200. The van der Waals surface area contributed by atoms with E-state index in [9.17, 15) is 4.79 Å². The van der Waals surface area contributed by atoms with E-state index in [0.29, 0.717) is 0 Å². The van der Waals surface area contributed by atoms with E-state index in [2.05, 4.69) is 11.3 Å². The molecule has 0 N–H and O–H groups in total. The molecule has 48 valence electrons. The van der Waals surface area contributed by atoms with Gasteiger partial charge in [-0.05, 0) is 0 Å². The SMILES string of the molecule is C=C(Cl)C(=O)O[CH-]C.[Rf]. The molecule has 4 heteroatoms. The molecule has 0 unspecified atom stereocenters. The first-order chi connectivity index (χ1) is 3.68. The number of carbonyl (C=O) groups is 1. The number of carbonyl (C=O) groups excluding carboxylic acids is 1. The third kappa shape index (κ3) is 4.35. The van der Waals surface area contributed by atoms with Crippen LogP contribution in [0.2, 0.25) is 0 Å². The topological polar surface area (TPSA) is 26.3 Å². The van der Waals surface area contributed by atoms with Gasteiger partial charge < -0.3 is 4.74 Å². The van der Waals surface area contributed by atoms with Crippen LogP contribution in [0.3, 0.4) is 0 Å². The monoisotopic (exact) mass is 400 g/mol. The quantitative estimate of drug-likeness (QED) is 0.399. The molecule has 0 rings (SSSR count). The molecule has 0 saturated carbocycles. The standard InChI is InChI=1S/C5H6ClO2.Rf/c1-3-8-5(7)4(2)6;/h3H,2H2,1H3;/q-1;. The maximum absolute atomic E-state index is 10.3. The molecule has 0 radical (unpaired) electrons. The van der Waals surface area contributed by atoms with Crippen LogP contribution in [0, 0.1) is 6.61 Å². The Balaban J connectivity index is 0. The molecule has 0 aliphatic rings. The number of halogens is 1. The van der Waals surface area contributed by atoms with Crippen molar-refractivity contribution in [1.82, 2.24) is 0 Å². The van der Waals surface area contributed by atoms with E-state index in [1.54, 1.807) is 6.92 Å². The van der Waals surface area contributed by atoms with Gasteiger partial charge in [-0.25, -0.2) is 4.79 Å². The van der Waals surface area contributed by atoms with Gasteiger partial charge in [-0.3, -0.25) is 0 Å². The zero-order valence-electron chi connectivity index (χ0n) is 5.19. The summed E-state index contributed by atoms with van der Waals surface area (Å²) in [7, 11) is 0. The summed E-state index contributed by atoms with van der Waals surface area (Å²) in [4.78, 5) is 10.3. The number of hydrogen-bond donors (Lipinski definition) is 0. The predicted octanol–water partition coefficient (Wildman–Crippen LogP) is 1.46. The molecule has 0 aliphatic carbocycles. The largest absolute Gasteiger partial charge is 0.633 e. The molecule has 0 aromatic carbocycles. The van der Waals surface area contributed by atoms with Crippen LogP contribution in [0.15, 0.2) is 11.6 Å². The number of ether oxygens (including phenoxy) is 1. The molecule has 0 saturated heterocycles. The molecule has 9 heavy (non-hydrogen) atoms. The molecule has 0 aromatic rings. The van der Waals surface area contributed by atoms with Gasteiger partial charge in [-0.15, -0.1) is 0 Å². The van der Waals surface area contributed by atoms with Crippen LogP contribution in [0.25, 0.3) is 0 Å². The molecule has 2 nitrogen and oxygen atoms in total. The molecule has 0 aromatic heterocycles. The molecule has 0 heterocycles. The van der Waals surface area contributed by atoms with Gasteiger partial charge in [0.05, 0.1) is 0 Å². The Bertz CT molecular complexity index is 114. The van der Waals surface area contributed by atoms with Gasteiger partial charge in [0.25, 0.3) is 0 Å². The van der Waals surface area contributed by atoms with Crippen molar-refractivity contribution in [2.75, 3.05) is 0 Å². The summed E-state index contributed by atoms with van der Waals surface area (Å²) >= 11 is 5.12. The molecular formula is C5H6ClO2Rf-. The smallest absolute Gasteiger partial charge is 0.317 e. The normalized spacial score (nSPS) is 7.33. The summed E-state index contributed by atoms with van der Waals surface area (Å²) < 4.78 is 4.31. The fourth-order valence-corrected chi connectivity index (χ4v) is 0.216. The molecular weight excluding hydrogens is 395 g/mol. The number of rotatable bonds is 2. The van der Waals surface area contributed by atoms with Crippen molar-refractivity contribution in [1.29, 1.82) is 0 Å². The molecule has 0 fully saturated rings. The van der Waals surface area contributed by atoms with Crippen LogP contribution in [-0.4, -0.2) is 5.97 Å². The summed E-state index contributed by atoms with van der Waals surface area (Å²) in [5, 5.41) is -0.108. The molecule has 0 aliphatic heterocycles. The van der Waals surface area contributed by atoms with Gasteiger partial charge in [-0.2, -0.15) is 13.5 Å². The second-order valence-corrected chi connectivity index (χ2v) is 1.50. The minimum absolute atomic E-state index is 0. The van der Waals surface area contributed by atoms with Crippen molar-refractivity contribution in [3.63, 3.8) is 0 Å². The van der Waals surface area contributed by atoms with Crippen molar-refractivity contribution >= 4 is 17.6 Å². The Morgan fingerprint density at radius 3 is 2.33 bits per heavy atom. The first-order valence-electron chi connectivity index (χ1n) is 2.01. The Hall–Kier alpha value is -1.50. The third-order valence-electron chi connectivity index (χ3n) is 0.446. The second-order valence-electron chi connectivity index (χ2n) is 1.05. The van der Waals surface area contributed by atoms with E-state index >= 15 is 0 Å². The second kappa shape index (κ2) is 4.65. The minimum Gasteiger partial charge on any atom is -0.633 e. The minimum atomic E-state index is -0.603. The maximum Gasteiger partial charge on any atom is 0.317 e. The first-order valence-corrected chi connectivity index (χ1v) is 2.39.